The first kappa shape index (κ1) is 21.0. The number of benzene rings is 2. The summed E-state index contributed by atoms with van der Waals surface area (Å²) in [6.07, 6.45) is 7.86. The number of hydrazone groups is 1. The van der Waals surface area contributed by atoms with E-state index in [2.05, 4.69) is 17.0 Å². The van der Waals surface area contributed by atoms with Crippen molar-refractivity contribution in [2.45, 2.75) is 6.92 Å². The van der Waals surface area contributed by atoms with Gasteiger partial charge in [-0.3, -0.25) is 5.01 Å². The summed E-state index contributed by atoms with van der Waals surface area (Å²) in [4.78, 5) is 0. The van der Waals surface area contributed by atoms with Crippen molar-refractivity contribution in [1.29, 1.82) is 0 Å². The number of anilines is 3. The molecule has 0 bridgehead atoms. The van der Waals surface area contributed by atoms with Crippen LogP contribution in [0.5, 0.6) is 5.75 Å². The molecule has 0 atom stereocenters. The number of hydrogen-bond donors (Lipinski definition) is 2. The highest BCUT2D eigenvalue weighted by Gasteiger charge is 2.02. The van der Waals surface area contributed by atoms with Crippen LogP contribution in [-0.4, -0.2) is 26.9 Å². The monoisotopic (exact) mass is 377 g/mol. The predicted molar refractivity (Wildman–Crippen MR) is 120 cm³/mol. The van der Waals surface area contributed by atoms with Crippen LogP contribution in [0.25, 0.3) is 0 Å². The van der Waals surface area contributed by atoms with Crippen molar-refractivity contribution in [2.75, 3.05) is 31.5 Å². The molecule has 0 aliphatic carbocycles. The van der Waals surface area contributed by atoms with Gasteiger partial charge in [-0.15, -0.1) is 0 Å². The first-order chi connectivity index (χ1) is 13.5. The van der Waals surface area contributed by atoms with E-state index in [9.17, 15) is 0 Å². The van der Waals surface area contributed by atoms with Crippen molar-refractivity contribution in [3.63, 3.8) is 0 Å². The van der Waals surface area contributed by atoms with Crippen LogP contribution in [0.3, 0.4) is 0 Å². The van der Waals surface area contributed by atoms with Gasteiger partial charge in [0, 0.05) is 18.4 Å². The summed E-state index contributed by atoms with van der Waals surface area (Å²) in [6, 6.07) is 15.9. The van der Waals surface area contributed by atoms with Gasteiger partial charge in [0.25, 0.3) is 0 Å². The fourth-order valence-electron chi connectivity index (χ4n) is 2.42. The molecule has 0 saturated heterocycles. The Morgan fingerprint density at radius 3 is 2.25 bits per heavy atom. The van der Waals surface area contributed by atoms with Gasteiger partial charge < -0.3 is 15.4 Å². The lowest BCUT2D eigenvalue weighted by Gasteiger charge is -2.16. The lowest BCUT2D eigenvalue weighted by Crippen LogP contribution is -2.72. The van der Waals surface area contributed by atoms with Crippen molar-refractivity contribution in [1.82, 2.24) is 0 Å². The summed E-state index contributed by atoms with van der Waals surface area (Å²) in [5, 5.41) is 11.8. The molecule has 0 amide bonds. The maximum Gasteiger partial charge on any atom is 0.119 e. The Balaban J connectivity index is 2.00. The van der Waals surface area contributed by atoms with Crippen LogP contribution in [0.4, 0.5) is 17.1 Å². The Hall–Kier alpha value is -3.31. The molecule has 0 unspecified atom stereocenters. The predicted octanol–water partition coefficient (Wildman–Crippen LogP) is 4.07. The number of nitrogens with two attached hydrogens (primary N) is 1. The second kappa shape index (κ2) is 10.7. The van der Waals surface area contributed by atoms with Crippen LogP contribution >= 0.6 is 0 Å². The highest BCUT2D eigenvalue weighted by Crippen LogP contribution is 2.22. The standard InChI is InChI=1S/C23H28N4O/c1-18(8-6-7-17-24-3)19(2)26-27(4)22-13-9-20(10-14-22)25-21-11-15-23(28-5)16-12-21/h6-17,24-25H,1H2,2-5H3/p+1. The third-order valence-electron chi connectivity index (χ3n) is 4.10. The second-order valence-electron chi connectivity index (χ2n) is 6.21. The van der Waals surface area contributed by atoms with Crippen LogP contribution in [0.15, 0.2) is 90.2 Å². The quantitative estimate of drug-likeness (QED) is 0.393. The van der Waals surface area contributed by atoms with Crippen LogP contribution in [0.2, 0.25) is 0 Å². The van der Waals surface area contributed by atoms with E-state index in [0.717, 1.165) is 34.1 Å². The van der Waals surface area contributed by atoms with Gasteiger partial charge in [-0.1, -0.05) is 18.7 Å². The van der Waals surface area contributed by atoms with Crippen LogP contribution in [0.1, 0.15) is 6.92 Å². The molecule has 146 valence electrons. The molecule has 0 spiro atoms. The number of methoxy groups -OCH3 is 1. The molecule has 0 saturated carbocycles. The Morgan fingerprint density at radius 2 is 1.68 bits per heavy atom. The Morgan fingerprint density at radius 1 is 1.07 bits per heavy atom. The minimum absolute atomic E-state index is 0.840. The zero-order chi connectivity index (χ0) is 20.4. The summed E-state index contributed by atoms with van der Waals surface area (Å²) in [5.74, 6) is 0.840. The van der Waals surface area contributed by atoms with E-state index >= 15 is 0 Å². The minimum atomic E-state index is 0.840. The molecule has 2 aromatic rings. The highest BCUT2D eigenvalue weighted by molar-refractivity contribution is 6.00. The van der Waals surface area contributed by atoms with Gasteiger partial charge in [0.1, 0.15) is 5.75 Å². The number of nitrogens with zero attached hydrogens (tertiary/aromatic N) is 2. The zero-order valence-electron chi connectivity index (χ0n) is 17.0. The molecule has 5 heteroatoms. The average Bonchev–Trinajstić information content (AvgIpc) is 2.72. The molecule has 5 nitrogen and oxygen atoms in total. The molecule has 0 heterocycles. The maximum atomic E-state index is 5.18. The van der Waals surface area contributed by atoms with Crippen molar-refractivity contribution in [3.05, 3.63) is 85.1 Å². The topological polar surface area (TPSA) is 53.5 Å². The maximum absolute atomic E-state index is 5.18. The van der Waals surface area contributed by atoms with E-state index in [1.54, 1.807) is 7.11 Å². The third kappa shape index (κ3) is 6.45. The van der Waals surface area contributed by atoms with Gasteiger partial charge in [0.05, 0.1) is 31.8 Å². The molecule has 0 aromatic heterocycles. The average molecular weight is 378 g/mol. The summed E-state index contributed by atoms with van der Waals surface area (Å²) in [7, 11) is 5.58. The Bertz CT molecular complexity index is 849. The van der Waals surface area contributed by atoms with E-state index in [1.807, 2.05) is 104 Å². The summed E-state index contributed by atoms with van der Waals surface area (Å²) in [5.41, 5.74) is 4.76. The number of hydrogen-bond acceptors (Lipinski definition) is 4. The SMILES string of the molecule is C=C(C=CC=C[NH2+]C)C(C)=NN(C)c1ccc(Nc2ccc(OC)cc2)cc1. The Kier molecular flexibility index (Phi) is 8.06. The van der Waals surface area contributed by atoms with Crippen molar-refractivity contribution in [3.8, 4) is 5.75 Å². The van der Waals surface area contributed by atoms with Crippen LogP contribution in [0, 0.1) is 0 Å². The van der Waals surface area contributed by atoms with E-state index in [1.165, 1.54) is 0 Å². The van der Waals surface area contributed by atoms with E-state index in [4.69, 9.17) is 4.74 Å². The first-order valence-electron chi connectivity index (χ1n) is 9.15. The van der Waals surface area contributed by atoms with Gasteiger partial charge in [-0.2, -0.15) is 5.10 Å². The van der Waals surface area contributed by atoms with Gasteiger partial charge >= 0.3 is 0 Å². The second-order valence-corrected chi connectivity index (χ2v) is 6.21. The molecule has 0 radical (unpaired) electrons. The molecule has 28 heavy (non-hydrogen) atoms. The smallest absolute Gasteiger partial charge is 0.119 e. The largest absolute Gasteiger partial charge is 0.497 e. The molecule has 3 N–H and O–H groups in total. The summed E-state index contributed by atoms with van der Waals surface area (Å²) >= 11 is 0. The number of allylic oxidation sites excluding steroid dienone is 4. The molecular formula is C23H29N4O+. The summed E-state index contributed by atoms with van der Waals surface area (Å²) in [6.45, 7) is 6.02. The van der Waals surface area contributed by atoms with Gasteiger partial charge in [0.2, 0.25) is 0 Å². The highest BCUT2D eigenvalue weighted by atomic mass is 16.5. The van der Waals surface area contributed by atoms with E-state index < -0.39 is 0 Å². The fourth-order valence-corrected chi connectivity index (χ4v) is 2.42. The van der Waals surface area contributed by atoms with Crippen molar-refractivity contribution >= 4 is 22.8 Å². The summed E-state index contributed by atoms with van der Waals surface area (Å²) < 4.78 is 5.18. The van der Waals surface area contributed by atoms with Crippen LogP contribution in [-0.2, 0) is 0 Å². The molecule has 2 aromatic carbocycles. The number of rotatable bonds is 9. The lowest BCUT2D eigenvalue weighted by atomic mass is 10.2. The van der Waals surface area contributed by atoms with Crippen LogP contribution < -0.4 is 20.4 Å². The molecule has 0 aliphatic heterocycles. The van der Waals surface area contributed by atoms with Crippen molar-refractivity contribution in [2.24, 2.45) is 5.10 Å². The van der Waals surface area contributed by atoms with E-state index in [0.29, 0.717) is 0 Å². The third-order valence-corrected chi connectivity index (χ3v) is 4.10. The van der Waals surface area contributed by atoms with Crippen molar-refractivity contribution < 1.29 is 10.1 Å². The molecule has 2 rings (SSSR count). The zero-order valence-corrected chi connectivity index (χ0v) is 17.0. The molecule has 0 fully saturated rings. The number of ether oxygens (including phenoxy) is 1. The van der Waals surface area contributed by atoms with Gasteiger partial charge in [-0.25, -0.2) is 0 Å². The van der Waals surface area contributed by atoms with Gasteiger partial charge in [0.15, 0.2) is 0 Å². The minimum Gasteiger partial charge on any atom is -0.497 e. The number of quaternary nitrogens is 1. The Labute approximate surface area is 167 Å². The number of nitrogens with one attached hydrogen (secondary N) is 1. The lowest BCUT2D eigenvalue weighted by molar-refractivity contribution is -0.556. The van der Waals surface area contributed by atoms with Gasteiger partial charge in [-0.05, 0) is 67.1 Å². The molecule has 0 aliphatic rings. The first-order valence-corrected chi connectivity index (χ1v) is 9.15. The van der Waals surface area contributed by atoms with E-state index in [-0.39, 0.29) is 0 Å². The fraction of sp³-hybridized carbons (Fsp3) is 0.174. The normalized spacial score (nSPS) is 11.8. The molecular weight excluding hydrogens is 348 g/mol.